The molecule has 1 heterocycles. The summed E-state index contributed by atoms with van der Waals surface area (Å²) >= 11 is 0. The molecule has 1 aliphatic heterocycles. The van der Waals surface area contributed by atoms with Crippen molar-refractivity contribution in [3.05, 3.63) is 66.0 Å². The first-order valence-corrected chi connectivity index (χ1v) is 7.93. The summed E-state index contributed by atoms with van der Waals surface area (Å²) in [6.07, 6.45) is -0.276. The van der Waals surface area contributed by atoms with E-state index in [9.17, 15) is 12.8 Å². The molecule has 0 aliphatic carbocycles. The van der Waals surface area contributed by atoms with Gasteiger partial charge in [-0.2, -0.15) is 4.31 Å². The molecule has 1 saturated heterocycles. The zero-order chi connectivity index (χ0) is 14.9. The highest BCUT2D eigenvalue weighted by Crippen LogP contribution is 2.28. The van der Waals surface area contributed by atoms with E-state index in [4.69, 9.17) is 4.74 Å². The molecule has 4 nitrogen and oxygen atoms in total. The Morgan fingerprint density at radius 1 is 1.05 bits per heavy atom. The largest absolute Gasteiger partial charge is 0.356 e. The van der Waals surface area contributed by atoms with E-state index in [2.05, 4.69) is 0 Å². The molecule has 3 rings (SSSR count). The lowest BCUT2D eigenvalue weighted by atomic mass is 10.1. The van der Waals surface area contributed by atoms with Crippen LogP contribution in [0.3, 0.4) is 0 Å². The first-order chi connectivity index (χ1) is 10.1. The molecular formula is C15H14FNO3S. The minimum absolute atomic E-state index is 0.000723. The third kappa shape index (κ3) is 2.83. The average Bonchev–Trinajstić information content (AvgIpc) is 2.99. The molecule has 0 radical (unpaired) electrons. The lowest BCUT2D eigenvalue weighted by molar-refractivity contribution is 0.104. The molecular weight excluding hydrogens is 293 g/mol. The monoisotopic (exact) mass is 307 g/mol. The Labute approximate surface area is 122 Å². The van der Waals surface area contributed by atoms with Gasteiger partial charge in [0.15, 0.2) is 0 Å². The van der Waals surface area contributed by atoms with Crippen molar-refractivity contribution in [3.63, 3.8) is 0 Å². The smallest absolute Gasteiger partial charge is 0.245 e. The van der Waals surface area contributed by atoms with Crippen LogP contribution in [-0.2, 0) is 14.8 Å². The molecule has 0 amide bonds. The van der Waals surface area contributed by atoms with Crippen LogP contribution in [0.1, 0.15) is 11.7 Å². The molecule has 0 N–H and O–H groups in total. The Morgan fingerprint density at radius 3 is 2.38 bits per heavy atom. The lowest BCUT2D eigenvalue weighted by Crippen LogP contribution is -2.28. The maximum atomic E-state index is 12.9. The summed E-state index contributed by atoms with van der Waals surface area (Å²) < 4.78 is 44.6. The van der Waals surface area contributed by atoms with E-state index >= 15 is 0 Å². The number of ether oxygens (including phenoxy) is 1. The SMILES string of the molecule is O=S(=O)(c1ccc(F)cc1)N1COC(c2ccccc2)C1. The van der Waals surface area contributed by atoms with Gasteiger partial charge in [-0.15, -0.1) is 0 Å². The van der Waals surface area contributed by atoms with Crippen molar-refractivity contribution in [2.75, 3.05) is 13.3 Å². The van der Waals surface area contributed by atoms with Crippen molar-refractivity contribution in [1.29, 1.82) is 0 Å². The second kappa shape index (κ2) is 5.55. The molecule has 1 unspecified atom stereocenters. The van der Waals surface area contributed by atoms with Crippen molar-refractivity contribution in [2.45, 2.75) is 11.0 Å². The van der Waals surface area contributed by atoms with Crippen LogP contribution >= 0.6 is 0 Å². The number of halogens is 1. The molecule has 21 heavy (non-hydrogen) atoms. The number of nitrogens with zero attached hydrogens (tertiary/aromatic N) is 1. The normalized spacial score (nSPS) is 19.8. The van der Waals surface area contributed by atoms with Crippen LogP contribution in [0.5, 0.6) is 0 Å². The summed E-state index contributed by atoms with van der Waals surface area (Å²) in [5.74, 6) is -0.464. The van der Waals surface area contributed by atoms with Gasteiger partial charge in [0.05, 0.1) is 11.0 Å². The highest BCUT2D eigenvalue weighted by Gasteiger charge is 2.33. The summed E-state index contributed by atoms with van der Waals surface area (Å²) in [5, 5.41) is 0. The van der Waals surface area contributed by atoms with E-state index in [-0.39, 0.29) is 24.3 Å². The van der Waals surface area contributed by atoms with Gasteiger partial charge < -0.3 is 4.74 Å². The maximum absolute atomic E-state index is 12.9. The summed E-state index contributed by atoms with van der Waals surface area (Å²) in [5.41, 5.74) is 0.939. The summed E-state index contributed by atoms with van der Waals surface area (Å²) in [4.78, 5) is 0.0706. The maximum Gasteiger partial charge on any atom is 0.245 e. The van der Waals surface area contributed by atoms with Gasteiger partial charge in [-0.25, -0.2) is 12.8 Å². The number of hydrogen-bond acceptors (Lipinski definition) is 3. The zero-order valence-electron chi connectivity index (χ0n) is 11.1. The standard InChI is InChI=1S/C15H14FNO3S/c16-13-6-8-14(9-7-13)21(18,19)17-10-15(20-11-17)12-4-2-1-3-5-12/h1-9,15H,10-11H2. The second-order valence-corrected chi connectivity index (χ2v) is 6.73. The van der Waals surface area contributed by atoms with E-state index in [0.717, 1.165) is 17.7 Å². The highest BCUT2D eigenvalue weighted by molar-refractivity contribution is 7.89. The topological polar surface area (TPSA) is 46.6 Å². The summed E-state index contributed by atoms with van der Waals surface area (Å²) in [6, 6.07) is 14.3. The molecule has 2 aromatic carbocycles. The molecule has 6 heteroatoms. The van der Waals surface area contributed by atoms with Crippen molar-refractivity contribution in [2.24, 2.45) is 0 Å². The molecule has 0 aromatic heterocycles. The van der Waals surface area contributed by atoms with Gasteiger partial charge in [0, 0.05) is 6.54 Å². The summed E-state index contributed by atoms with van der Waals surface area (Å²) in [7, 11) is -3.65. The van der Waals surface area contributed by atoms with Crippen molar-refractivity contribution < 1.29 is 17.5 Å². The molecule has 0 spiro atoms. The number of sulfonamides is 1. The number of rotatable bonds is 3. The van der Waals surface area contributed by atoms with E-state index in [1.54, 1.807) is 0 Å². The second-order valence-electron chi connectivity index (χ2n) is 4.79. The van der Waals surface area contributed by atoms with E-state index in [0.29, 0.717) is 0 Å². The Bertz CT molecular complexity index is 716. The third-order valence-electron chi connectivity index (χ3n) is 3.41. The molecule has 1 fully saturated rings. The van der Waals surface area contributed by atoms with E-state index in [1.165, 1.54) is 16.4 Å². The Balaban J connectivity index is 1.81. The molecule has 1 aliphatic rings. The average molecular weight is 307 g/mol. The summed E-state index contributed by atoms with van der Waals surface area (Å²) in [6.45, 7) is 0.253. The van der Waals surface area contributed by atoms with Crippen LogP contribution in [0.2, 0.25) is 0 Å². The van der Waals surface area contributed by atoms with Gasteiger partial charge in [-0.3, -0.25) is 0 Å². The van der Waals surface area contributed by atoms with Crippen LogP contribution < -0.4 is 0 Å². The minimum Gasteiger partial charge on any atom is -0.356 e. The fourth-order valence-corrected chi connectivity index (χ4v) is 3.57. The number of benzene rings is 2. The van der Waals surface area contributed by atoms with Crippen molar-refractivity contribution >= 4 is 10.0 Å². The highest BCUT2D eigenvalue weighted by atomic mass is 32.2. The first-order valence-electron chi connectivity index (χ1n) is 6.49. The van der Waals surface area contributed by atoms with Gasteiger partial charge in [-0.05, 0) is 29.8 Å². The van der Waals surface area contributed by atoms with Crippen LogP contribution in [-0.4, -0.2) is 26.0 Å². The van der Waals surface area contributed by atoms with Gasteiger partial charge in [-0.1, -0.05) is 30.3 Å². The van der Waals surface area contributed by atoms with E-state index in [1.807, 2.05) is 30.3 Å². The van der Waals surface area contributed by atoms with Crippen LogP contribution in [0.4, 0.5) is 4.39 Å². The molecule has 0 bridgehead atoms. The Kier molecular flexibility index (Phi) is 3.75. The Morgan fingerprint density at radius 2 is 1.71 bits per heavy atom. The molecule has 2 aromatic rings. The fraction of sp³-hybridized carbons (Fsp3) is 0.200. The van der Waals surface area contributed by atoms with Gasteiger partial charge in [0.25, 0.3) is 0 Å². The zero-order valence-corrected chi connectivity index (χ0v) is 12.0. The fourth-order valence-electron chi connectivity index (χ4n) is 2.26. The van der Waals surface area contributed by atoms with Crippen molar-refractivity contribution in [3.8, 4) is 0 Å². The van der Waals surface area contributed by atoms with Crippen LogP contribution in [0, 0.1) is 5.82 Å². The Hall–Kier alpha value is -1.76. The van der Waals surface area contributed by atoms with Gasteiger partial charge in [0.1, 0.15) is 12.5 Å². The molecule has 1 atom stereocenters. The lowest BCUT2D eigenvalue weighted by Gasteiger charge is -2.14. The van der Waals surface area contributed by atoms with Gasteiger partial charge >= 0.3 is 0 Å². The third-order valence-corrected chi connectivity index (χ3v) is 5.21. The van der Waals surface area contributed by atoms with Crippen LogP contribution in [0.25, 0.3) is 0 Å². The molecule has 0 saturated carbocycles. The quantitative estimate of drug-likeness (QED) is 0.875. The minimum atomic E-state index is -3.65. The predicted octanol–water partition coefficient (Wildman–Crippen LogP) is 2.55. The number of hydrogen-bond donors (Lipinski definition) is 0. The van der Waals surface area contributed by atoms with Gasteiger partial charge in [0.2, 0.25) is 10.0 Å². The first kappa shape index (κ1) is 14.2. The van der Waals surface area contributed by atoms with Crippen molar-refractivity contribution in [1.82, 2.24) is 4.31 Å². The van der Waals surface area contributed by atoms with Crippen LogP contribution in [0.15, 0.2) is 59.5 Å². The van der Waals surface area contributed by atoms with E-state index < -0.39 is 15.8 Å². The molecule has 110 valence electrons. The predicted molar refractivity (Wildman–Crippen MR) is 75.4 cm³/mol.